The van der Waals surface area contributed by atoms with E-state index in [1.54, 1.807) is 12.1 Å². The smallest absolute Gasteiger partial charge is 0.337 e. The molecule has 2 aliphatic heterocycles. The average molecular weight is 501 g/mol. The van der Waals surface area contributed by atoms with E-state index in [9.17, 15) is 19.8 Å². The number of amides is 1. The lowest BCUT2D eigenvalue weighted by Crippen LogP contribution is -2.50. The van der Waals surface area contributed by atoms with Gasteiger partial charge in [-0.3, -0.25) is 4.79 Å². The zero-order valence-corrected chi connectivity index (χ0v) is 18.8. The molecule has 7 N–H and O–H groups in total. The van der Waals surface area contributed by atoms with Gasteiger partial charge in [0, 0.05) is 6.54 Å². The van der Waals surface area contributed by atoms with E-state index in [0.29, 0.717) is 23.2 Å². The molecule has 178 valence electrons. The summed E-state index contributed by atoms with van der Waals surface area (Å²) in [5.74, 6) is -0.570. The van der Waals surface area contributed by atoms with Gasteiger partial charge in [0.2, 0.25) is 5.91 Å². The number of aliphatic hydroxyl groups is 3. The summed E-state index contributed by atoms with van der Waals surface area (Å²) in [4.78, 5) is 30.9. The van der Waals surface area contributed by atoms with Gasteiger partial charge in [-0.25, -0.2) is 14.8 Å². The van der Waals surface area contributed by atoms with Crippen molar-refractivity contribution in [2.45, 2.75) is 24.3 Å². The van der Waals surface area contributed by atoms with Crippen molar-refractivity contribution in [2.24, 2.45) is 0 Å². The Kier molecular flexibility index (Phi) is 8.10. The van der Waals surface area contributed by atoms with E-state index in [1.165, 1.54) is 6.07 Å². The number of aromatic nitrogens is 2. The van der Waals surface area contributed by atoms with Crippen LogP contribution in [-0.2, 0) is 14.3 Å². The molecule has 14 heteroatoms. The highest BCUT2D eigenvalue weighted by atomic mass is 35.5. The van der Waals surface area contributed by atoms with Crippen LogP contribution in [0.4, 0.5) is 23.0 Å². The van der Waals surface area contributed by atoms with Crippen LogP contribution in [0.3, 0.4) is 0 Å². The third kappa shape index (κ3) is 5.92. The maximum absolute atomic E-state index is 11.7. The molecule has 4 atom stereocenters. The first kappa shape index (κ1) is 24.7. The second-order valence-electron chi connectivity index (χ2n) is 7.02. The van der Waals surface area contributed by atoms with Crippen molar-refractivity contribution in [3.8, 4) is 0 Å². The van der Waals surface area contributed by atoms with E-state index in [4.69, 9.17) is 28.3 Å². The standard InChI is InChI=1S/C10H10ClN3O4.C9H12ClN3O2/c1-18-10(17)7(15)6-9(16)12-4-2-3-5(11)13-8(4)14-6;10-8-2-1-5-9(13-8)12-6(3-11-5)7(15)4-14/h2-3,6-7,15H,1H3,(H,12,16)(H,13,14);1-2,6-7,11,14-15H,3-4H2,(H,12,13)/t6-,7?;/m0./s1. The molecule has 33 heavy (non-hydrogen) atoms. The fourth-order valence-electron chi connectivity index (χ4n) is 3.04. The highest BCUT2D eigenvalue weighted by Crippen LogP contribution is 2.27. The molecule has 1 amide bonds. The Balaban J connectivity index is 0.000000189. The molecule has 3 unspecified atom stereocenters. The van der Waals surface area contributed by atoms with Crippen molar-refractivity contribution in [3.63, 3.8) is 0 Å². The van der Waals surface area contributed by atoms with Crippen molar-refractivity contribution in [1.29, 1.82) is 0 Å². The number of anilines is 4. The topological polar surface area (TPSA) is 178 Å². The summed E-state index contributed by atoms with van der Waals surface area (Å²) in [6, 6.07) is 5.16. The monoisotopic (exact) mass is 500 g/mol. The van der Waals surface area contributed by atoms with Gasteiger partial charge >= 0.3 is 5.97 Å². The molecule has 0 fully saturated rings. The number of hydrogen-bond acceptors (Lipinski definition) is 11. The Bertz CT molecular complexity index is 1030. The van der Waals surface area contributed by atoms with Gasteiger partial charge < -0.3 is 41.3 Å². The molecule has 4 rings (SSSR count). The lowest BCUT2D eigenvalue weighted by atomic mass is 10.1. The summed E-state index contributed by atoms with van der Waals surface area (Å²) in [5.41, 5.74) is 1.28. The van der Waals surface area contributed by atoms with Gasteiger partial charge in [0.25, 0.3) is 0 Å². The summed E-state index contributed by atoms with van der Waals surface area (Å²) in [5, 5.41) is 39.8. The minimum Gasteiger partial charge on any atom is -0.467 e. The Hall–Kier alpha value is -2.90. The van der Waals surface area contributed by atoms with E-state index < -0.39 is 30.1 Å². The van der Waals surface area contributed by atoms with E-state index in [0.717, 1.165) is 12.8 Å². The quantitative estimate of drug-likeness (QED) is 0.226. The van der Waals surface area contributed by atoms with Gasteiger partial charge in [0.1, 0.15) is 16.3 Å². The van der Waals surface area contributed by atoms with Crippen molar-refractivity contribution in [1.82, 2.24) is 9.97 Å². The number of carbonyl (C=O) groups excluding carboxylic acids is 2. The molecule has 2 aromatic rings. The Morgan fingerprint density at radius 1 is 1.12 bits per heavy atom. The van der Waals surface area contributed by atoms with Crippen molar-refractivity contribution in [3.05, 3.63) is 34.6 Å². The normalized spacial score (nSPS) is 20.1. The zero-order valence-electron chi connectivity index (χ0n) is 17.2. The van der Waals surface area contributed by atoms with Crippen LogP contribution < -0.4 is 21.3 Å². The van der Waals surface area contributed by atoms with Crippen molar-refractivity contribution >= 4 is 58.1 Å². The van der Waals surface area contributed by atoms with E-state index >= 15 is 0 Å². The second-order valence-corrected chi connectivity index (χ2v) is 7.80. The van der Waals surface area contributed by atoms with Crippen molar-refractivity contribution < 1.29 is 29.6 Å². The second kappa shape index (κ2) is 10.8. The molecule has 2 aromatic heterocycles. The molecule has 0 saturated carbocycles. The number of esters is 1. The van der Waals surface area contributed by atoms with Crippen LogP contribution in [0.1, 0.15) is 0 Å². The van der Waals surface area contributed by atoms with E-state index in [1.807, 2.05) is 6.07 Å². The first-order valence-corrected chi connectivity index (χ1v) is 10.4. The van der Waals surface area contributed by atoms with Gasteiger partial charge in [-0.2, -0.15) is 0 Å². The Morgan fingerprint density at radius 3 is 2.33 bits per heavy atom. The van der Waals surface area contributed by atoms with Crippen LogP contribution in [0.2, 0.25) is 10.3 Å². The summed E-state index contributed by atoms with van der Waals surface area (Å²) < 4.78 is 4.37. The summed E-state index contributed by atoms with van der Waals surface area (Å²) in [7, 11) is 1.12. The van der Waals surface area contributed by atoms with Crippen LogP contribution in [0, 0.1) is 0 Å². The Labute approximate surface area is 198 Å². The maximum Gasteiger partial charge on any atom is 0.337 e. The van der Waals surface area contributed by atoms with E-state index in [2.05, 4.69) is 36.0 Å². The molecule has 0 saturated heterocycles. The lowest BCUT2D eigenvalue weighted by Gasteiger charge is -2.29. The number of aliphatic hydroxyl groups excluding tert-OH is 3. The maximum atomic E-state index is 11.7. The van der Waals surface area contributed by atoms with Gasteiger partial charge in [0.15, 0.2) is 17.7 Å². The number of rotatable bonds is 4. The molecule has 2 aliphatic rings. The summed E-state index contributed by atoms with van der Waals surface area (Å²) in [6.45, 7) is 0.257. The fraction of sp³-hybridized carbons (Fsp3) is 0.368. The largest absolute Gasteiger partial charge is 0.467 e. The predicted molar refractivity (Wildman–Crippen MR) is 122 cm³/mol. The van der Waals surface area contributed by atoms with E-state index in [-0.39, 0.29) is 23.6 Å². The predicted octanol–water partition coefficient (Wildman–Crippen LogP) is 0.296. The first-order chi connectivity index (χ1) is 15.7. The molecule has 0 spiro atoms. The summed E-state index contributed by atoms with van der Waals surface area (Å²) in [6.07, 6.45) is -2.43. The molecule has 0 radical (unpaired) electrons. The molecule has 0 aliphatic carbocycles. The van der Waals surface area contributed by atoms with Crippen LogP contribution in [0.15, 0.2) is 24.3 Å². The Morgan fingerprint density at radius 2 is 1.73 bits per heavy atom. The van der Waals surface area contributed by atoms with Gasteiger partial charge in [-0.15, -0.1) is 0 Å². The van der Waals surface area contributed by atoms with Crippen LogP contribution in [-0.4, -0.2) is 81.7 Å². The first-order valence-electron chi connectivity index (χ1n) is 9.69. The number of fused-ring (bicyclic) bond motifs is 2. The molecule has 0 bridgehead atoms. The number of ether oxygens (including phenoxy) is 1. The third-order valence-corrected chi connectivity index (χ3v) is 5.22. The number of halogens is 2. The van der Waals surface area contributed by atoms with Crippen LogP contribution in [0.25, 0.3) is 0 Å². The number of carbonyl (C=O) groups is 2. The fourth-order valence-corrected chi connectivity index (χ4v) is 3.34. The van der Waals surface area contributed by atoms with Crippen LogP contribution in [0.5, 0.6) is 0 Å². The molecular formula is C19H22Cl2N6O6. The third-order valence-electron chi connectivity index (χ3n) is 4.80. The lowest BCUT2D eigenvalue weighted by molar-refractivity contribution is -0.152. The number of pyridine rings is 2. The minimum absolute atomic E-state index is 0.226. The van der Waals surface area contributed by atoms with Crippen molar-refractivity contribution in [2.75, 3.05) is 41.5 Å². The molecule has 12 nitrogen and oxygen atoms in total. The van der Waals surface area contributed by atoms with Crippen LogP contribution >= 0.6 is 23.2 Å². The molecule has 4 heterocycles. The van der Waals surface area contributed by atoms with Gasteiger partial charge in [0.05, 0.1) is 37.2 Å². The van der Waals surface area contributed by atoms with Gasteiger partial charge in [-0.05, 0) is 24.3 Å². The highest BCUT2D eigenvalue weighted by Gasteiger charge is 2.37. The highest BCUT2D eigenvalue weighted by molar-refractivity contribution is 6.30. The number of nitrogens with one attached hydrogen (secondary N) is 4. The number of nitrogens with zero attached hydrogens (tertiary/aromatic N) is 2. The SMILES string of the molecule is COC(=O)C(O)[C@@H]1Nc2nc(Cl)ccc2NC1=O.OCC(O)C1CNc2ccc(Cl)nc2N1. The van der Waals surface area contributed by atoms with Gasteiger partial charge in [-0.1, -0.05) is 23.2 Å². The number of methoxy groups -OCH3 is 1. The molecule has 0 aromatic carbocycles. The minimum atomic E-state index is -1.62. The average Bonchev–Trinajstić information content (AvgIpc) is 2.82. The number of hydrogen-bond donors (Lipinski definition) is 7. The summed E-state index contributed by atoms with van der Waals surface area (Å²) >= 11 is 11.5. The zero-order chi connectivity index (χ0) is 24.1. The molecular weight excluding hydrogens is 479 g/mol.